The molecule has 10 aromatic rings. The summed E-state index contributed by atoms with van der Waals surface area (Å²) in [7, 11) is 0. The molecule has 0 N–H and O–H groups in total. The Morgan fingerprint density at radius 1 is 0.491 bits per heavy atom. The van der Waals surface area contributed by atoms with Gasteiger partial charge in [0.25, 0.3) is 0 Å². The van der Waals surface area contributed by atoms with Crippen molar-refractivity contribution >= 4 is 49.2 Å². The topological polar surface area (TPSA) is 35.6 Å². The molecule has 0 aliphatic rings. The minimum atomic E-state index is 0.601. The predicted octanol–water partition coefficient (Wildman–Crippen LogP) is 13.3. The minimum absolute atomic E-state index is 0.601. The fourth-order valence-corrected chi connectivity index (χ4v) is 8.16. The summed E-state index contributed by atoms with van der Waals surface area (Å²) in [5.41, 5.74) is 13.9. The van der Waals surface area contributed by atoms with Crippen molar-refractivity contribution in [1.82, 2.24) is 19.1 Å². The third kappa shape index (κ3) is 5.90. The van der Waals surface area contributed by atoms with E-state index >= 15 is 0 Å². The summed E-state index contributed by atoms with van der Waals surface area (Å²) >= 11 is 0. The molecule has 3 heterocycles. The number of allylic oxidation sites excluding steroid dienone is 4. The van der Waals surface area contributed by atoms with Crippen molar-refractivity contribution in [3.8, 4) is 57.5 Å². The molecule has 0 atom stereocenters. The molecule has 0 aliphatic heterocycles. The predicted molar refractivity (Wildman–Crippen MR) is 239 cm³/mol. The molecule has 4 heteroatoms. The molecule has 7 aromatic carbocycles. The Morgan fingerprint density at radius 3 is 1.68 bits per heavy atom. The zero-order valence-corrected chi connectivity index (χ0v) is 31.3. The first-order valence-electron chi connectivity index (χ1n) is 19.2. The van der Waals surface area contributed by atoms with E-state index in [1.54, 1.807) is 6.08 Å². The van der Waals surface area contributed by atoms with Crippen LogP contribution in [-0.2, 0) is 0 Å². The normalized spacial score (nSPS) is 12.0. The fourth-order valence-electron chi connectivity index (χ4n) is 8.16. The summed E-state index contributed by atoms with van der Waals surface area (Å²) in [6.07, 6.45) is 11.3. The van der Waals surface area contributed by atoms with E-state index in [0.717, 1.165) is 61.1 Å². The van der Waals surface area contributed by atoms with Gasteiger partial charge in [0.2, 0.25) is 5.95 Å². The number of benzene rings is 7. The average Bonchev–Trinajstić information content (AvgIpc) is 3.79. The highest BCUT2D eigenvalue weighted by Gasteiger charge is 2.19. The Bertz CT molecular complexity index is 3250. The second kappa shape index (κ2) is 14.2. The number of rotatable bonds is 7. The van der Waals surface area contributed by atoms with Gasteiger partial charge in [-0.2, -0.15) is 0 Å². The number of terminal acetylenes is 1. The van der Waals surface area contributed by atoms with E-state index in [1.165, 1.54) is 32.9 Å². The molecule has 268 valence electrons. The molecule has 0 aliphatic carbocycles. The second-order valence-corrected chi connectivity index (χ2v) is 14.1. The van der Waals surface area contributed by atoms with E-state index in [0.29, 0.717) is 5.95 Å². The molecule has 10 rings (SSSR count). The van der Waals surface area contributed by atoms with Gasteiger partial charge in [0, 0.05) is 32.8 Å². The van der Waals surface area contributed by atoms with Crippen LogP contribution in [0.5, 0.6) is 0 Å². The lowest BCUT2D eigenvalue weighted by Gasteiger charge is -2.12. The van der Waals surface area contributed by atoms with Crippen LogP contribution in [0.3, 0.4) is 0 Å². The first-order chi connectivity index (χ1) is 28.2. The van der Waals surface area contributed by atoms with Crippen molar-refractivity contribution in [2.24, 2.45) is 0 Å². The summed E-state index contributed by atoms with van der Waals surface area (Å²) in [5, 5.41) is 4.71. The monoisotopic (exact) mass is 728 g/mol. The summed E-state index contributed by atoms with van der Waals surface area (Å²) in [4.78, 5) is 10.4. The van der Waals surface area contributed by atoms with Crippen LogP contribution in [0.15, 0.2) is 194 Å². The summed E-state index contributed by atoms with van der Waals surface area (Å²) in [6.45, 7) is 2.00. The Kier molecular flexibility index (Phi) is 8.39. The SMILES string of the molecule is C#C/C=C\C(=C/C)c1cc(-c2ccccc2)nc(-n2c3ccccc3c3cc(-c4ccc5c(c4)c4ccccc4n5-c4cccc(-c5ccccc5)c4)ccc32)n1. The summed E-state index contributed by atoms with van der Waals surface area (Å²) < 4.78 is 4.57. The second-order valence-electron chi connectivity index (χ2n) is 14.1. The highest BCUT2D eigenvalue weighted by Crippen LogP contribution is 2.39. The molecular weight excluding hydrogens is 693 g/mol. The molecule has 3 aromatic heterocycles. The van der Waals surface area contributed by atoms with Crippen LogP contribution in [0.2, 0.25) is 0 Å². The standard InChI is InChI=1S/C53H36N4/c1-3-5-17-36(4-2)47-35-48(38-20-10-7-11-21-38)55-53(54-47)57-50-27-15-13-25-44(50)46-34-41(29-31-52(46)57)40-28-30-51-45(33-40)43-24-12-14-26-49(43)56(51)42-23-16-22-39(32-42)37-18-8-6-9-19-37/h1,4-35H,2H3/b17-5-,36-4+. The van der Waals surface area contributed by atoms with E-state index in [1.807, 2.05) is 43.3 Å². The molecule has 0 unspecified atom stereocenters. The van der Waals surface area contributed by atoms with Crippen LogP contribution in [0.25, 0.3) is 94.3 Å². The number of fused-ring (bicyclic) bond motifs is 6. The van der Waals surface area contributed by atoms with Crippen LogP contribution in [0.1, 0.15) is 12.6 Å². The molecule has 0 fully saturated rings. The lowest BCUT2D eigenvalue weighted by molar-refractivity contribution is 0.983. The average molecular weight is 729 g/mol. The maximum absolute atomic E-state index is 5.61. The van der Waals surface area contributed by atoms with Gasteiger partial charge in [0.15, 0.2) is 0 Å². The van der Waals surface area contributed by atoms with Gasteiger partial charge in [-0.25, -0.2) is 9.97 Å². The van der Waals surface area contributed by atoms with E-state index in [-0.39, 0.29) is 0 Å². The first-order valence-corrected chi connectivity index (χ1v) is 19.2. The number of para-hydroxylation sites is 2. The molecule has 0 amide bonds. The van der Waals surface area contributed by atoms with E-state index < -0.39 is 0 Å². The highest BCUT2D eigenvalue weighted by atomic mass is 15.2. The van der Waals surface area contributed by atoms with Gasteiger partial charge in [-0.3, -0.25) is 4.57 Å². The fraction of sp³-hybridized carbons (Fsp3) is 0.0189. The van der Waals surface area contributed by atoms with Crippen molar-refractivity contribution in [3.63, 3.8) is 0 Å². The highest BCUT2D eigenvalue weighted by molar-refractivity contribution is 6.12. The Labute approximate surface area is 331 Å². The lowest BCUT2D eigenvalue weighted by atomic mass is 10.0. The third-order valence-corrected chi connectivity index (χ3v) is 10.8. The first kappa shape index (κ1) is 33.8. The van der Waals surface area contributed by atoms with Crippen LogP contribution in [0.4, 0.5) is 0 Å². The maximum Gasteiger partial charge on any atom is 0.235 e. The molecule has 57 heavy (non-hydrogen) atoms. The van der Waals surface area contributed by atoms with E-state index in [2.05, 4.69) is 167 Å². The van der Waals surface area contributed by atoms with Crippen LogP contribution in [-0.4, -0.2) is 19.1 Å². The van der Waals surface area contributed by atoms with Crippen molar-refractivity contribution < 1.29 is 0 Å². The van der Waals surface area contributed by atoms with Crippen molar-refractivity contribution in [1.29, 1.82) is 0 Å². The number of hydrogen-bond acceptors (Lipinski definition) is 2. The van der Waals surface area contributed by atoms with E-state index in [9.17, 15) is 0 Å². The largest absolute Gasteiger partial charge is 0.309 e. The maximum atomic E-state index is 5.61. The molecule has 0 spiro atoms. The number of nitrogens with zero attached hydrogens (tertiary/aromatic N) is 4. The van der Waals surface area contributed by atoms with Crippen molar-refractivity contribution in [3.05, 3.63) is 200 Å². The van der Waals surface area contributed by atoms with Crippen molar-refractivity contribution in [2.75, 3.05) is 0 Å². The molecule has 0 saturated carbocycles. The van der Waals surface area contributed by atoms with Gasteiger partial charge in [-0.05, 0) is 101 Å². The van der Waals surface area contributed by atoms with Gasteiger partial charge in [0.1, 0.15) is 0 Å². The van der Waals surface area contributed by atoms with Gasteiger partial charge in [-0.15, -0.1) is 6.42 Å². The molecular formula is C53H36N4. The molecule has 0 bridgehead atoms. The van der Waals surface area contributed by atoms with Gasteiger partial charge >= 0.3 is 0 Å². The zero-order valence-electron chi connectivity index (χ0n) is 31.3. The quantitative estimate of drug-likeness (QED) is 0.121. The minimum Gasteiger partial charge on any atom is -0.309 e. The molecule has 0 radical (unpaired) electrons. The van der Waals surface area contributed by atoms with Crippen LogP contribution >= 0.6 is 0 Å². The number of aromatic nitrogens is 4. The Hall–Kier alpha value is -7.74. The third-order valence-electron chi connectivity index (χ3n) is 10.8. The van der Waals surface area contributed by atoms with Gasteiger partial charge in [-0.1, -0.05) is 133 Å². The van der Waals surface area contributed by atoms with Crippen molar-refractivity contribution in [2.45, 2.75) is 6.92 Å². The number of hydrogen-bond donors (Lipinski definition) is 0. The zero-order chi connectivity index (χ0) is 38.3. The molecule has 4 nitrogen and oxygen atoms in total. The smallest absolute Gasteiger partial charge is 0.235 e. The molecule has 0 saturated heterocycles. The van der Waals surface area contributed by atoms with E-state index in [4.69, 9.17) is 16.4 Å². The summed E-state index contributed by atoms with van der Waals surface area (Å²) in [5.74, 6) is 3.22. The van der Waals surface area contributed by atoms with Crippen LogP contribution in [0, 0.1) is 12.3 Å². The van der Waals surface area contributed by atoms with Gasteiger partial charge < -0.3 is 4.57 Å². The van der Waals surface area contributed by atoms with Crippen LogP contribution < -0.4 is 0 Å². The Balaban J connectivity index is 1.13. The summed E-state index contributed by atoms with van der Waals surface area (Å²) in [6, 6.07) is 62.5. The van der Waals surface area contributed by atoms with Gasteiger partial charge in [0.05, 0.1) is 33.5 Å². The Morgan fingerprint density at radius 2 is 1.04 bits per heavy atom. The lowest BCUT2D eigenvalue weighted by Crippen LogP contribution is -2.05.